The number of carbonyl (C=O) groups is 1. The van der Waals surface area contributed by atoms with Crippen LogP contribution in [0.4, 0.5) is 10.3 Å². The number of aromatic nitrogens is 2. The van der Waals surface area contributed by atoms with Gasteiger partial charge in [0.1, 0.15) is 5.71 Å². The Bertz CT molecular complexity index is 1230. The van der Waals surface area contributed by atoms with Crippen LogP contribution in [0.1, 0.15) is 5.56 Å². The molecule has 0 atom stereocenters. The van der Waals surface area contributed by atoms with E-state index in [0.29, 0.717) is 16.0 Å². The highest BCUT2D eigenvalue weighted by Gasteiger charge is 2.35. The average Bonchev–Trinajstić information content (AvgIpc) is 3.54. The van der Waals surface area contributed by atoms with Crippen LogP contribution in [0.3, 0.4) is 0 Å². The molecule has 0 radical (unpaired) electrons. The smallest absolute Gasteiger partial charge is 0.265 e. The Hall–Kier alpha value is -3.69. The van der Waals surface area contributed by atoms with Crippen molar-refractivity contribution < 1.29 is 4.79 Å². The summed E-state index contributed by atoms with van der Waals surface area (Å²) < 4.78 is 0. The second-order valence-corrected chi connectivity index (χ2v) is 7.95. The molecule has 2 aromatic heterocycles. The first-order chi connectivity index (χ1) is 14.8. The minimum Gasteiger partial charge on any atom is -0.265 e. The number of hydrogen-bond acceptors (Lipinski definition) is 8. The highest BCUT2D eigenvalue weighted by Crippen LogP contribution is 2.30. The van der Waals surface area contributed by atoms with Crippen molar-refractivity contribution in [1.29, 1.82) is 0 Å². The van der Waals surface area contributed by atoms with Crippen molar-refractivity contribution in [2.75, 3.05) is 10.4 Å². The number of thiazole rings is 2. The van der Waals surface area contributed by atoms with Crippen molar-refractivity contribution in [3.05, 3.63) is 83.2 Å². The van der Waals surface area contributed by atoms with Gasteiger partial charge in [0.25, 0.3) is 0 Å². The van der Waals surface area contributed by atoms with E-state index in [1.54, 1.807) is 6.20 Å². The van der Waals surface area contributed by atoms with Crippen LogP contribution < -0.4 is 10.4 Å². The van der Waals surface area contributed by atoms with Gasteiger partial charge in [-0.1, -0.05) is 60.7 Å². The van der Waals surface area contributed by atoms with E-state index in [2.05, 4.69) is 25.6 Å². The maximum absolute atomic E-state index is 13.2. The van der Waals surface area contributed by atoms with Crippen LogP contribution in [-0.2, 0) is 4.79 Å². The number of nitrogens with zero attached hydrogens (tertiary/aromatic N) is 5. The Morgan fingerprint density at radius 1 is 0.933 bits per heavy atom. The van der Waals surface area contributed by atoms with Crippen LogP contribution in [0.25, 0.3) is 11.3 Å². The summed E-state index contributed by atoms with van der Waals surface area (Å²) in [5.74, 6) is -0.341. The molecule has 1 aliphatic heterocycles. The molecule has 2 aromatic carbocycles. The molecule has 1 N–H and O–H groups in total. The lowest BCUT2D eigenvalue weighted by Gasteiger charge is -2.06. The fourth-order valence-corrected chi connectivity index (χ4v) is 4.15. The predicted octanol–water partition coefficient (Wildman–Crippen LogP) is 4.49. The molecule has 146 valence electrons. The zero-order valence-corrected chi connectivity index (χ0v) is 17.1. The summed E-state index contributed by atoms with van der Waals surface area (Å²) >= 11 is 2.76. The van der Waals surface area contributed by atoms with E-state index < -0.39 is 0 Å². The van der Waals surface area contributed by atoms with Crippen LogP contribution in [0.5, 0.6) is 0 Å². The normalized spacial score (nSPS) is 14.9. The van der Waals surface area contributed by atoms with E-state index >= 15 is 0 Å². The van der Waals surface area contributed by atoms with E-state index in [1.807, 2.05) is 71.4 Å². The molecule has 1 amide bonds. The molecule has 9 heteroatoms. The van der Waals surface area contributed by atoms with Gasteiger partial charge in [-0.05, 0) is 0 Å². The minimum absolute atomic E-state index is 0.216. The van der Waals surface area contributed by atoms with Gasteiger partial charge in [-0.2, -0.15) is 15.2 Å². The van der Waals surface area contributed by atoms with Gasteiger partial charge in [-0.3, -0.25) is 10.2 Å². The molecule has 0 spiro atoms. The molecule has 0 aliphatic carbocycles. The quantitative estimate of drug-likeness (QED) is 0.473. The first kappa shape index (κ1) is 18.3. The molecule has 3 heterocycles. The van der Waals surface area contributed by atoms with Crippen molar-refractivity contribution >= 4 is 50.3 Å². The van der Waals surface area contributed by atoms with E-state index in [-0.39, 0.29) is 11.6 Å². The van der Waals surface area contributed by atoms with Crippen LogP contribution in [-0.4, -0.2) is 27.3 Å². The third-order valence-corrected chi connectivity index (χ3v) is 5.80. The molecular weight excluding hydrogens is 416 g/mol. The van der Waals surface area contributed by atoms with Crippen LogP contribution in [0.15, 0.2) is 87.8 Å². The number of benzene rings is 2. The Labute approximate surface area is 180 Å². The van der Waals surface area contributed by atoms with Crippen LogP contribution >= 0.6 is 22.7 Å². The number of amides is 1. The summed E-state index contributed by atoms with van der Waals surface area (Å²) in [6.07, 6.45) is 1.67. The number of anilines is 2. The molecule has 4 aromatic rings. The maximum Gasteiger partial charge on any atom is 0.303 e. The third-order valence-electron chi connectivity index (χ3n) is 4.30. The Morgan fingerprint density at radius 2 is 1.67 bits per heavy atom. The van der Waals surface area contributed by atoms with E-state index in [0.717, 1.165) is 16.8 Å². The zero-order valence-electron chi connectivity index (χ0n) is 15.5. The lowest BCUT2D eigenvalue weighted by atomic mass is 10.1. The lowest BCUT2D eigenvalue weighted by Crippen LogP contribution is -2.28. The fourth-order valence-electron chi connectivity index (χ4n) is 2.90. The van der Waals surface area contributed by atoms with Gasteiger partial charge in [-0.15, -0.1) is 22.7 Å². The third kappa shape index (κ3) is 3.51. The van der Waals surface area contributed by atoms with Gasteiger partial charge < -0.3 is 0 Å². The zero-order chi connectivity index (χ0) is 20.3. The number of carbonyl (C=O) groups excluding carboxylic acids is 1. The minimum atomic E-state index is -0.341. The molecule has 30 heavy (non-hydrogen) atoms. The number of nitrogens with one attached hydrogen (secondary N) is 1. The van der Waals surface area contributed by atoms with Gasteiger partial charge in [0.15, 0.2) is 5.71 Å². The molecule has 0 bridgehead atoms. The van der Waals surface area contributed by atoms with Crippen LogP contribution in [0, 0.1) is 0 Å². The Balaban J connectivity index is 1.51. The van der Waals surface area contributed by atoms with E-state index in [4.69, 9.17) is 0 Å². The molecule has 1 aliphatic rings. The average molecular weight is 431 g/mol. The van der Waals surface area contributed by atoms with Gasteiger partial charge in [0.2, 0.25) is 10.3 Å². The van der Waals surface area contributed by atoms with Crippen molar-refractivity contribution in [2.45, 2.75) is 0 Å². The van der Waals surface area contributed by atoms with Gasteiger partial charge in [0.05, 0.1) is 5.69 Å². The number of rotatable bonds is 5. The molecule has 7 nitrogen and oxygen atoms in total. The van der Waals surface area contributed by atoms with Crippen molar-refractivity contribution in [1.82, 2.24) is 9.97 Å². The molecular formula is C21H14N6OS2. The standard InChI is InChI=1S/C21H14N6OS2/c28-19-18(24-25-20-22-11-12-29-20)17(15-9-5-2-6-10-15)26-27(19)21-23-16(13-30-21)14-7-3-1-4-8-14/h1-13H,(H,22,25)/b24-18-. The summed E-state index contributed by atoms with van der Waals surface area (Å²) in [5, 5.41) is 15.0. The van der Waals surface area contributed by atoms with Gasteiger partial charge >= 0.3 is 5.91 Å². The summed E-state index contributed by atoms with van der Waals surface area (Å²) in [6.45, 7) is 0. The maximum atomic E-state index is 13.2. The van der Waals surface area contributed by atoms with Crippen LogP contribution in [0.2, 0.25) is 0 Å². The second-order valence-electron chi connectivity index (χ2n) is 6.22. The van der Waals surface area contributed by atoms with Gasteiger partial charge in [0, 0.05) is 28.1 Å². The summed E-state index contributed by atoms with van der Waals surface area (Å²) in [4.78, 5) is 21.9. The summed E-state index contributed by atoms with van der Waals surface area (Å²) in [7, 11) is 0. The predicted molar refractivity (Wildman–Crippen MR) is 121 cm³/mol. The first-order valence-electron chi connectivity index (χ1n) is 9.02. The van der Waals surface area contributed by atoms with E-state index in [1.165, 1.54) is 27.7 Å². The van der Waals surface area contributed by atoms with Crippen molar-refractivity contribution in [3.63, 3.8) is 0 Å². The highest BCUT2D eigenvalue weighted by atomic mass is 32.1. The fraction of sp³-hybridized carbons (Fsp3) is 0. The molecule has 0 fully saturated rings. The lowest BCUT2D eigenvalue weighted by molar-refractivity contribution is -0.112. The number of hydrazone groups is 2. The molecule has 0 saturated heterocycles. The topological polar surface area (TPSA) is 82.8 Å². The highest BCUT2D eigenvalue weighted by molar-refractivity contribution is 7.14. The Kier molecular flexibility index (Phi) is 4.88. The van der Waals surface area contributed by atoms with Gasteiger partial charge in [-0.25, -0.2) is 9.97 Å². The SMILES string of the molecule is O=C1/C(=N\Nc2nccs2)C(c2ccccc2)=NN1c1nc(-c2ccccc2)cs1. The number of hydrogen-bond donors (Lipinski definition) is 1. The van der Waals surface area contributed by atoms with E-state index in [9.17, 15) is 4.79 Å². The summed E-state index contributed by atoms with van der Waals surface area (Å²) in [5.41, 5.74) is 6.13. The summed E-state index contributed by atoms with van der Waals surface area (Å²) in [6, 6.07) is 19.3. The second kappa shape index (κ2) is 7.97. The van der Waals surface area contributed by atoms with Crippen molar-refractivity contribution in [3.8, 4) is 11.3 Å². The Morgan fingerprint density at radius 3 is 2.37 bits per heavy atom. The molecule has 0 saturated carbocycles. The monoisotopic (exact) mass is 430 g/mol. The molecule has 0 unspecified atom stereocenters. The van der Waals surface area contributed by atoms with Crippen molar-refractivity contribution in [2.24, 2.45) is 10.2 Å². The molecule has 5 rings (SSSR count). The first-order valence-corrected chi connectivity index (χ1v) is 10.8. The largest absolute Gasteiger partial charge is 0.303 e.